The van der Waals surface area contributed by atoms with Crippen molar-refractivity contribution in [3.05, 3.63) is 40.7 Å². The number of likely N-dealkylation sites (N-methyl/N-ethyl adjacent to an activating group) is 1. The lowest BCUT2D eigenvalue weighted by Crippen LogP contribution is -2.36. The maximum absolute atomic E-state index is 9.88. The van der Waals surface area contributed by atoms with E-state index in [0.717, 1.165) is 16.3 Å². The fourth-order valence-corrected chi connectivity index (χ4v) is 2.97. The number of hydrogen-bond donors (Lipinski definition) is 2. The van der Waals surface area contributed by atoms with Gasteiger partial charge in [0, 0.05) is 24.0 Å². The Hall–Kier alpha value is -1.27. The zero-order valence-electron chi connectivity index (χ0n) is 12.8. The molecule has 4 nitrogen and oxygen atoms in total. The van der Waals surface area contributed by atoms with Gasteiger partial charge >= 0.3 is 0 Å². The fraction of sp³-hybridized carbons (Fsp3) is 0.438. The van der Waals surface area contributed by atoms with Crippen LogP contribution < -0.4 is 5.32 Å². The number of aliphatic hydroxyl groups is 1. The first kappa shape index (κ1) is 16.1. The molecule has 21 heavy (non-hydrogen) atoms. The summed E-state index contributed by atoms with van der Waals surface area (Å²) in [4.78, 5) is 6.66. The van der Waals surface area contributed by atoms with Gasteiger partial charge in [0.05, 0.1) is 17.8 Å². The lowest BCUT2D eigenvalue weighted by molar-refractivity contribution is 0.132. The van der Waals surface area contributed by atoms with Crippen molar-refractivity contribution in [2.45, 2.75) is 19.1 Å². The Labute approximate surface area is 130 Å². The molecule has 0 bridgehead atoms. The zero-order chi connectivity index (χ0) is 15.2. The molecule has 0 aliphatic heterocycles. The summed E-state index contributed by atoms with van der Waals surface area (Å²) in [5.41, 5.74) is 2.15. The predicted octanol–water partition coefficient (Wildman–Crippen LogP) is 2.38. The highest BCUT2D eigenvalue weighted by molar-refractivity contribution is 7.10. The number of nitrogens with one attached hydrogen (secondary N) is 1. The van der Waals surface area contributed by atoms with Gasteiger partial charge in [0.1, 0.15) is 5.01 Å². The Morgan fingerprint density at radius 3 is 2.67 bits per heavy atom. The van der Waals surface area contributed by atoms with Gasteiger partial charge in [-0.15, -0.1) is 11.3 Å². The highest BCUT2D eigenvalue weighted by Gasteiger charge is 2.13. The average molecular weight is 305 g/mol. The normalized spacial score (nSPS) is 14.3. The summed E-state index contributed by atoms with van der Waals surface area (Å²) in [5, 5.41) is 16.3. The molecule has 2 N–H and O–H groups in total. The molecule has 2 atom stereocenters. The molecular formula is C16H23N3OS. The number of aliphatic hydroxyl groups excluding tert-OH is 1. The number of hydrogen-bond acceptors (Lipinski definition) is 5. The first-order valence-corrected chi connectivity index (χ1v) is 8.01. The molecule has 1 aromatic carbocycles. The fourth-order valence-electron chi connectivity index (χ4n) is 2.11. The second kappa shape index (κ2) is 7.66. The number of thiazole rings is 1. The third-order valence-corrected chi connectivity index (χ3v) is 4.22. The van der Waals surface area contributed by atoms with E-state index in [1.165, 1.54) is 0 Å². The van der Waals surface area contributed by atoms with Gasteiger partial charge < -0.3 is 15.3 Å². The maximum atomic E-state index is 9.88. The minimum absolute atomic E-state index is 0.143. The Bertz CT molecular complexity index is 541. The molecule has 0 aliphatic rings. The molecule has 5 heteroatoms. The standard InChI is InChI=1S/C16H23N3OS/c1-12(17-9-14(20)10-19(2)3)16-18-15(11-21-16)13-7-5-4-6-8-13/h4-8,11-12,14,17,20H,9-10H2,1-3H3. The van der Waals surface area contributed by atoms with E-state index in [1.807, 2.05) is 37.2 Å². The van der Waals surface area contributed by atoms with E-state index in [2.05, 4.69) is 34.7 Å². The van der Waals surface area contributed by atoms with Gasteiger partial charge in [0.15, 0.2) is 0 Å². The molecule has 0 fully saturated rings. The average Bonchev–Trinajstić information content (AvgIpc) is 2.95. The van der Waals surface area contributed by atoms with Crippen LogP contribution >= 0.6 is 11.3 Å². The summed E-state index contributed by atoms with van der Waals surface area (Å²) in [6.45, 7) is 3.31. The first-order valence-electron chi connectivity index (χ1n) is 7.13. The summed E-state index contributed by atoms with van der Waals surface area (Å²) in [6, 6.07) is 10.3. The van der Waals surface area contributed by atoms with Crippen LogP contribution in [0.1, 0.15) is 18.0 Å². The Balaban J connectivity index is 1.92. The molecule has 2 aromatic rings. The summed E-state index contributed by atoms with van der Waals surface area (Å²) in [5.74, 6) is 0. The van der Waals surface area contributed by atoms with Crippen LogP contribution in [0.15, 0.2) is 35.7 Å². The van der Waals surface area contributed by atoms with E-state index in [4.69, 9.17) is 0 Å². The Morgan fingerprint density at radius 1 is 1.29 bits per heavy atom. The highest BCUT2D eigenvalue weighted by atomic mass is 32.1. The Morgan fingerprint density at radius 2 is 2.00 bits per heavy atom. The van der Waals surface area contributed by atoms with E-state index >= 15 is 0 Å². The van der Waals surface area contributed by atoms with Crippen molar-refractivity contribution in [1.29, 1.82) is 0 Å². The largest absolute Gasteiger partial charge is 0.390 e. The molecule has 0 saturated heterocycles. The van der Waals surface area contributed by atoms with Crippen molar-refractivity contribution < 1.29 is 5.11 Å². The van der Waals surface area contributed by atoms with E-state index in [-0.39, 0.29) is 12.1 Å². The molecule has 1 heterocycles. The lowest BCUT2D eigenvalue weighted by Gasteiger charge is -2.18. The molecule has 1 aromatic heterocycles. The van der Waals surface area contributed by atoms with Crippen LogP contribution in [0.4, 0.5) is 0 Å². The highest BCUT2D eigenvalue weighted by Crippen LogP contribution is 2.25. The summed E-state index contributed by atoms with van der Waals surface area (Å²) in [6.07, 6.45) is -0.365. The smallest absolute Gasteiger partial charge is 0.110 e. The van der Waals surface area contributed by atoms with Crippen LogP contribution in [0, 0.1) is 0 Å². The van der Waals surface area contributed by atoms with E-state index in [1.54, 1.807) is 11.3 Å². The van der Waals surface area contributed by atoms with Crippen LogP contribution in [-0.4, -0.2) is 48.3 Å². The van der Waals surface area contributed by atoms with Gasteiger partial charge in [-0.25, -0.2) is 4.98 Å². The van der Waals surface area contributed by atoms with Crippen molar-refractivity contribution in [2.24, 2.45) is 0 Å². The monoisotopic (exact) mass is 305 g/mol. The second-order valence-electron chi connectivity index (χ2n) is 5.48. The lowest BCUT2D eigenvalue weighted by atomic mass is 10.2. The molecule has 0 amide bonds. The van der Waals surface area contributed by atoms with Gasteiger partial charge in [0.25, 0.3) is 0 Å². The van der Waals surface area contributed by atoms with Crippen molar-refractivity contribution >= 4 is 11.3 Å². The molecule has 0 spiro atoms. The van der Waals surface area contributed by atoms with Crippen LogP contribution in [0.25, 0.3) is 11.3 Å². The number of nitrogens with zero attached hydrogens (tertiary/aromatic N) is 2. The first-order chi connectivity index (χ1) is 10.1. The zero-order valence-corrected chi connectivity index (χ0v) is 13.6. The van der Waals surface area contributed by atoms with Gasteiger partial charge in [-0.1, -0.05) is 30.3 Å². The van der Waals surface area contributed by atoms with Crippen LogP contribution in [-0.2, 0) is 0 Å². The van der Waals surface area contributed by atoms with Crippen molar-refractivity contribution in [3.63, 3.8) is 0 Å². The van der Waals surface area contributed by atoms with Gasteiger partial charge in [-0.05, 0) is 21.0 Å². The molecule has 2 unspecified atom stereocenters. The predicted molar refractivity (Wildman–Crippen MR) is 88.5 cm³/mol. The van der Waals surface area contributed by atoms with E-state index < -0.39 is 0 Å². The summed E-state index contributed by atoms with van der Waals surface area (Å²) >= 11 is 1.65. The van der Waals surface area contributed by atoms with Gasteiger partial charge in [0.2, 0.25) is 0 Å². The summed E-state index contributed by atoms with van der Waals surface area (Å²) in [7, 11) is 3.92. The molecule has 114 valence electrons. The van der Waals surface area contributed by atoms with Crippen LogP contribution in [0.2, 0.25) is 0 Å². The SMILES string of the molecule is CC(NCC(O)CN(C)C)c1nc(-c2ccccc2)cs1. The van der Waals surface area contributed by atoms with E-state index in [9.17, 15) is 5.11 Å². The number of benzene rings is 1. The summed E-state index contributed by atoms with van der Waals surface area (Å²) < 4.78 is 0. The minimum atomic E-state index is -0.365. The van der Waals surface area contributed by atoms with Crippen molar-refractivity contribution in [2.75, 3.05) is 27.2 Å². The van der Waals surface area contributed by atoms with Crippen molar-refractivity contribution in [3.8, 4) is 11.3 Å². The quantitative estimate of drug-likeness (QED) is 0.824. The minimum Gasteiger partial charge on any atom is -0.390 e. The second-order valence-corrected chi connectivity index (χ2v) is 6.37. The third-order valence-electron chi connectivity index (χ3n) is 3.20. The topological polar surface area (TPSA) is 48.4 Å². The van der Waals surface area contributed by atoms with Crippen molar-refractivity contribution in [1.82, 2.24) is 15.2 Å². The third kappa shape index (κ3) is 4.89. The Kier molecular flexibility index (Phi) is 5.87. The van der Waals surface area contributed by atoms with Gasteiger partial charge in [-0.2, -0.15) is 0 Å². The molecule has 0 radical (unpaired) electrons. The van der Waals surface area contributed by atoms with Gasteiger partial charge in [-0.3, -0.25) is 0 Å². The molecule has 2 rings (SSSR count). The molecular weight excluding hydrogens is 282 g/mol. The van der Waals surface area contributed by atoms with Crippen LogP contribution in [0.5, 0.6) is 0 Å². The van der Waals surface area contributed by atoms with Crippen LogP contribution in [0.3, 0.4) is 0 Å². The molecule has 0 aliphatic carbocycles. The molecule has 0 saturated carbocycles. The maximum Gasteiger partial charge on any atom is 0.110 e. The number of rotatable bonds is 7. The van der Waals surface area contributed by atoms with E-state index in [0.29, 0.717) is 13.1 Å². The number of aromatic nitrogens is 1.